The third kappa shape index (κ3) is 2.62. The summed E-state index contributed by atoms with van der Waals surface area (Å²) in [7, 11) is -3.74. The van der Waals surface area contributed by atoms with Gasteiger partial charge >= 0.3 is 0 Å². The Labute approximate surface area is 121 Å². The van der Waals surface area contributed by atoms with Crippen molar-refractivity contribution in [1.82, 2.24) is 4.98 Å². The van der Waals surface area contributed by atoms with Crippen LogP contribution in [-0.2, 0) is 10.0 Å². The highest BCUT2D eigenvalue weighted by Crippen LogP contribution is 2.26. The van der Waals surface area contributed by atoms with Crippen LogP contribution < -0.4 is 4.72 Å². The molecular formula is C15H13FN2O2S. The Morgan fingerprint density at radius 3 is 2.52 bits per heavy atom. The van der Waals surface area contributed by atoms with Crippen LogP contribution in [0.2, 0.25) is 0 Å². The standard InChI is InChI=1S/C15H13FN2O2S/c1-10-9-13-14(17-10)3-2-4-15(13)18-21(19,20)12-7-5-11(16)6-8-12/h2-9,17-18H,1H3. The van der Waals surface area contributed by atoms with Gasteiger partial charge in [-0.2, -0.15) is 0 Å². The molecule has 0 spiro atoms. The van der Waals surface area contributed by atoms with Gasteiger partial charge in [0.2, 0.25) is 0 Å². The summed E-state index contributed by atoms with van der Waals surface area (Å²) in [6.45, 7) is 1.90. The van der Waals surface area contributed by atoms with Crippen LogP contribution in [0.25, 0.3) is 10.9 Å². The molecule has 4 nitrogen and oxygen atoms in total. The minimum Gasteiger partial charge on any atom is -0.359 e. The zero-order valence-electron chi connectivity index (χ0n) is 11.2. The number of aryl methyl sites for hydroxylation is 1. The van der Waals surface area contributed by atoms with Gasteiger partial charge in [0, 0.05) is 16.6 Å². The fraction of sp³-hybridized carbons (Fsp3) is 0.0667. The van der Waals surface area contributed by atoms with Gasteiger partial charge in [-0.3, -0.25) is 4.72 Å². The van der Waals surface area contributed by atoms with E-state index in [4.69, 9.17) is 0 Å². The zero-order valence-corrected chi connectivity index (χ0v) is 12.0. The van der Waals surface area contributed by atoms with E-state index in [-0.39, 0.29) is 4.90 Å². The summed E-state index contributed by atoms with van der Waals surface area (Å²) >= 11 is 0. The number of H-pyrrole nitrogens is 1. The topological polar surface area (TPSA) is 62.0 Å². The molecule has 0 unspecified atom stereocenters. The van der Waals surface area contributed by atoms with E-state index < -0.39 is 15.8 Å². The predicted octanol–water partition coefficient (Wildman–Crippen LogP) is 3.42. The monoisotopic (exact) mass is 304 g/mol. The van der Waals surface area contributed by atoms with E-state index in [0.29, 0.717) is 5.69 Å². The Balaban J connectivity index is 2.03. The van der Waals surface area contributed by atoms with Crippen molar-refractivity contribution in [3.05, 3.63) is 60.0 Å². The number of halogens is 1. The molecule has 0 aliphatic heterocycles. The van der Waals surface area contributed by atoms with Crippen LogP contribution >= 0.6 is 0 Å². The van der Waals surface area contributed by atoms with Crippen LogP contribution in [0.1, 0.15) is 5.69 Å². The number of hydrogen-bond acceptors (Lipinski definition) is 2. The highest BCUT2D eigenvalue weighted by atomic mass is 32.2. The molecule has 6 heteroatoms. The molecule has 3 aromatic rings. The van der Waals surface area contributed by atoms with Crippen LogP contribution in [-0.4, -0.2) is 13.4 Å². The van der Waals surface area contributed by atoms with Gasteiger partial charge in [-0.15, -0.1) is 0 Å². The van der Waals surface area contributed by atoms with E-state index in [0.717, 1.165) is 28.7 Å². The molecule has 108 valence electrons. The highest BCUT2D eigenvalue weighted by molar-refractivity contribution is 7.92. The van der Waals surface area contributed by atoms with E-state index in [1.54, 1.807) is 12.1 Å². The van der Waals surface area contributed by atoms with Gasteiger partial charge in [0.25, 0.3) is 10.0 Å². The first-order valence-electron chi connectivity index (χ1n) is 6.32. The number of fused-ring (bicyclic) bond motifs is 1. The lowest BCUT2D eigenvalue weighted by atomic mass is 10.2. The van der Waals surface area contributed by atoms with Crippen molar-refractivity contribution < 1.29 is 12.8 Å². The Hall–Kier alpha value is -2.34. The average molecular weight is 304 g/mol. The van der Waals surface area contributed by atoms with Crippen LogP contribution in [0.5, 0.6) is 0 Å². The maximum atomic E-state index is 12.9. The number of hydrogen-bond donors (Lipinski definition) is 2. The lowest BCUT2D eigenvalue weighted by molar-refractivity contribution is 0.599. The molecule has 2 N–H and O–H groups in total. The molecule has 3 rings (SSSR count). The minimum absolute atomic E-state index is 0.0214. The molecule has 0 fully saturated rings. The molecule has 21 heavy (non-hydrogen) atoms. The molecule has 0 aliphatic rings. The summed E-state index contributed by atoms with van der Waals surface area (Å²) in [5, 5.41) is 0.792. The Morgan fingerprint density at radius 2 is 1.81 bits per heavy atom. The molecule has 0 aliphatic carbocycles. The Bertz CT molecular complexity index is 899. The normalized spacial score (nSPS) is 11.7. The summed E-state index contributed by atoms with van der Waals surface area (Å²) in [4.78, 5) is 3.17. The second-order valence-electron chi connectivity index (χ2n) is 4.78. The molecule has 0 amide bonds. The van der Waals surface area contributed by atoms with Crippen molar-refractivity contribution in [3.63, 3.8) is 0 Å². The number of aromatic nitrogens is 1. The van der Waals surface area contributed by atoms with Crippen molar-refractivity contribution in [1.29, 1.82) is 0 Å². The molecule has 0 saturated carbocycles. The number of nitrogens with one attached hydrogen (secondary N) is 2. The molecule has 1 aromatic heterocycles. The van der Waals surface area contributed by atoms with Crippen molar-refractivity contribution in [3.8, 4) is 0 Å². The minimum atomic E-state index is -3.74. The predicted molar refractivity (Wildman–Crippen MR) is 80.2 cm³/mol. The first-order chi connectivity index (χ1) is 9.95. The van der Waals surface area contributed by atoms with Crippen molar-refractivity contribution in [2.45, 2.75) is 11.8 Å². The summed E-state index contributed by atoms with van der Waals surface area (Å²) in [6.07, 6.45) is 0. The van der Waals surface area contributed by atoms with Gasteiger partial charge in [-0.05, 0) is 49.4 Å². The van der Waals surface area contributed by atoms with Gasteiger partial charge in [0.1, 0.15) is 5.82 Å². The summed E-state index contributed by atoms with van der Waals surface area (Å²) < 4.78 is 40.1. The second kappa shape index (κ2) is 4.89. The summed E-state index contributed by atoms with van der Waals surface area (Å²) in [5.74, 6) is -0.475. The number of sulfonamides is 1. The van der Waals surface area contributed by atoms with Gasteiger partial charge < -0.3 is 4.98 Å². The van der Waals surface area contributed by atoms with Crippen LogP contribution in [0.4, 0.5) is 10.1 Å². The molecular weight excluding hydrogens is 291 g/mol. The quantitative estimate of drug-likeness (QED) is 0.779. The largest absolute Gasteiger partial charge is 0.359 e. The highest BCUT2D eigenvalue weighted by Gasteiger charge is 2.16. The first kappa shape index (κ1) is 13.6. The maximum absolute atomic E-state index is 12.9. The smallest absolute Gasteiger partial charge is 0.261 e. The van der Waals surface area contributed by atoms with Gasteiger partial charge in [0.05, 0.1) is 10.6 Å². The molecule has 2 aromatic carbocycles. The zero-order chi connectivity index (χ0) is 15.0. The average Bonchev–Trinajstić information content (AvgIpc) is 2.80. The van der Waals surface area contributed by atoms with E-state index >= 15 is 0 Å². The lowest BCUT2D eigenvalue weighted by Gasteiger charge is -2.09. The van der Waals surface area contributed by atoms with Crippen LogP contribution in [0.3, 0.4) is 0 Å². The van der Waals surface area contributed by atoms with Crippen molar-refractivity contribution in [2.24, 2.45) is 0 Å². The van der Waals surface area contributed by atoms with Gasteiger partial charge in [0.15, 0.2) is 0 Å². The van der Waals surface area contributed by atoms with E-state index in [1.165, 1.54) is 12.1 Å². The SMILES string of the molecule is Cc1cc2c(NS(=O)(=O)c3ccc(F)cc3)cccc2[nH]1. The third-order valence-electron chi connectivity index (χ3n) is 3.17. The Kier molecular flexibility index (Phi) is 3.17. The molecule has 1 heterocycles. The van der Waals surface area contributed by atoms with Crippen molar-refractivity contribution in [2.75, 3.05) is 4.72 Å². The lowest BCUT2D eigenvalue weighted by Crippen LogP contribution is -2.13. The first-order valence-corrected chi connectivity index (χ1v) is 7.81. The number of anilines is 1. The summed E-state index contributed by atoms with van der Waals surface area (Å²) in [5.41, 5.74) is 2.28. The maximum Gasteiger partial charge on any atom is 0.261 e. The van der Waals surface area contributed by atoms with Crippen LogP contribution in [0, 0.1) is 12.7 Å². The Morgan fingerprint density at radius 1 is 1.10 bits per heavy atom. The number of benzene rings is 2. The fourth-order valence-electron chi connectivity index (χ4n) is 2.20. The second-order valence-corrected chi connectivity index (χ2v) is 6.46. The molecule has 0 bridgehead atoms. The van der Waals surface area contributed by atoms with E-state index in [9.17, 15) is 12.8 Å². The summed E-state index contributed by atoms with van der Waals surface area (Å²) in [6, 6.07) is 11.9. The molecule has 0 saturated heterocycles. The molecule has 0 atom stereocenters. The van der Waals surface area contributed by atoms with Crippen molar-refractivity contribution >= 4 is 26.6 Å². The van der Waals surface area contributed by atoms with E-state index in [2.05, 4.69) is 9.71 Å². The van der Waals surface area contributed by atoms with Gasteiger partial charge in [-0.1, -0.05) is 6.07 Å². The fourth-order valence-corrected chi connectivity index (χ4v) is 3.28. The van der Waals surface area contributed by atoms with Crippen LogP contribution in [0.15, 0.2) is 53.4 Å². The third-order valence-corrected chi connectivity index (χ3v) is 4.55. The number of rotatable bonds is 3. The van der Waals surface area contributed by atoms with E-state index in [1.807, 2.05) is 19.1 Å². The van der Waals surface area contributed by atoms with Gasteiger partial charge in [-0.25, -0.2) is 12.8 Å². The molecule has 0 radical (unpaired) electrons. The number of aromatic amines is 1.